The number of aryl methyl sites for hydroxylation is 1. The molecule has 2 fully saturated rings. The van der Waals surface area contributed by atoms with Gasteiger partial charge < -0.3 is 15.1 Å². The van der Waals surface area contributed by atoms with Crippen molar-refractivity contribution in [2.45, 2.75) is 13.3 Å². The maximum Gasteiger partial charge on any atom is 0.311 e. The number of para-hydroxylation sites is 1. The first-order valence-electron chi connectivity index (χ1n) is 7.24. The number of benzene rings is 1. The quantitative estimate of drug-likeness (QED) is 0.911. The summed E-state index contributed by atoms with van der Waals surface area (Å²) in [5, 5.41) is 22.3. The van der Waals surface area contributed by atoms with Gasteiger partial charge in [-0.2, -0.15) is 0 Å². The second kappa shape index (κ2) is 4.46. The summed E-state index contributed by atoms with van der Waals surface area (Å²) in [5.41, 5.74) is 1.74. The summed E-state index contributed by atoms with van der Waals surface area (Å²) in [5.74, 6) is -0.177. The fourth-order valence-corrected chi connectivity index (χ4v) is 4.19. The van der Waals surface area contributed by atoms with Crippen LogP contribution in [0.3, 0.4) is 0 Å². The average Bonchev–Trinajstić information content (AvgIpc) is 2.89. The summed E-state index contributed by atoms with van der Waals surface area (Å²) in [6.07, 6.45) is 0.787. The molecule has 114 valence electrons. The van der Waals surface area contributed by atoms with Crippen molar-refractivity contribution in [3.63, 3.8) is 0 Å². The molecule has 0 spiro atoms. The zero-order chi connectivity index (χ0) is 15.5. The Kier molecular flexibility index (Phi) is 2.75. The van der Waals surface area contributed by atoms with Gasteiger partial charge in [0.25, 0.3) is 0 Å². The fraction of sp³-hybridized carbons (Fsp3) is 0.375. The molecule has 1 aliphatic heterocycles. The number of fused-ring (bicyclic) bond motifs is 1. The number of piperidine rings is 1. The summed E-state index contributed by atoms with van der Waals surface area (Å²) in [6, 6.07) is 5.60. The number of thiazole rings is 1. The highest BCUT2D eigenvalue weighted by atomic mass is 32.1. The van der Waals surface area contributed by atoms with Gasteiger partial charge in [-0.15, -0.1) is 11.3 Å². The van der Waals surface area contributed by atoms with Gasteiger partial charge in [-0.05, 0) is 30.9 Å². The molecule has 6 heteroatoms. The minimum atomic E-state index is -0.687. The van der Waals surface area contributed by atoms with Crippen molar-refractivity contribution in [3.05, 3.63) is 29.1 Å². The number of carboxylic acids is 1. The van der Waals surface area contributed by atoms with Crippen LogP contribution in [0.4, 0.5) is 5.13 Å². The van der Waals surface area contributed by atoms with Crippen LogP contribution in [-0.2, 0) is 4.79 Å². The molecule has 22 heavy (non-hydrogen) atoms. The maximum atomic E-state index is 11.4. The van der Waals surface area contributed by atoms with Crippen LogP contribution in [0.5, 0.6) is 5.75 Å². The van der Waals surface area contributed by atoms with Gasteiger partial charge in [0.2, 0.25) is 0 Å². The summed E-state index contributed by atoms with van der Waals surface area (Å²) in [6.45, 7) is 3.16. The molecule has 1 saturated carbocycles. The van der Waals surface area contributed by atoms with Crippen LogP contribution in [-0.4, -0.2) is 34.3 Å². The number of carbonyl (C=O) groups is 1. The minimum absolute atomic E-state index is 0.254. The molecule has 2 aliphatic rings. The van der Waals surface area contributed by atoms with Gasteiger partial charge in [-0.3, -0.25) is 4.79 Å². The number of nitrogens with zero attached hydrogens (tertiary/aromatic N) is 2. The number of phenolic OH excluding ortho intramolecular Hbond substituents is 1. The Hall–Kier alpha value is -2.08. The summed E-state index contributed by atoms with van der Waals surface area (Å²) in [7, 11) is 0. The highest BCUT2D eigenvalue weighted by molar-refractivity contribution is 7.14. The topological polar surface area (TPSA) is 73.7 Å². The first kappa shape index (κ1) is 13.6. The normalized spacial score (nSPS) is 26.0. The molecular weight excluding hydrogens is 300 g/mol. The van der Waals surface area contributed by atoms with E-state index in [1.54, 1.807) is 0 Å². The molecule has 2 aromatic rings. The van der Waals surface area contributed by atoms with Crippen LogP contribution < -0.4 is 4.90 Å². The van der Waals surface area contributed by atoms with E-state index >= 15 is 0 Å². The largest absolute Gasteiger partial charge is 0.507 e. The Morgan fingerprint density at radius 3 is 3.05 bits per heavy atom. The molecule has 0 radical (unpaired) electrons. The van der Waals surface area contributed by atoms with E-state index in [2.05, 4.69) is 9.88 Å². The number of aromatic nitrogens is 1. The van der Waals surface area contributed by atoms with E-state index in [9.17, 15) is 15.0 Å². The molecule has 2 atom stereocenters. The lowest BCUT2D eigenvalue weighted by atomic mass is 10.1. The molecule has 1 saturated heterocycles. The molecule has 0 unspecified atom stereocenters. The van der Waals surface area contributed by atoms with E-state index in [1.807, 2.05) is 30.5 Å². The lowest BCUT2D eigenvalue weighted by Gasteiger charge is -2.18. The van der Waals surface area contributed by atoms with Crippen LogP contribution >= 0.6 is 11.3 Å². The van der Waals surface area contributed by atoms with E-state index in [4.69, 9.17) is 0 Å². The number of hydrogen-bond acceptors (Lipinski definition) is 5. The second-order valence-electron chi connectivity index (χ2n) is 6.23. The molecule has 1 aromatic carbocycles. The monoisotopic (exact) mass is 316 g/mol. The van der Waals surface area contributed by atoms with Crippen LogP contribution in [0.2, 0.25) is 0 Å². The number of rotatable bonds is 3. The van der Waals surface area contributed by atoms with Crippen molar-refractivity contribution in [1.82, 2.24) is 4.98 Å². The summed E-state index contributed by atoms with van der Waals surface area (Å²) >= 11 is 1.50. The molecule has 0 amide bonds. The molecule has 1 aromatic heterocycles. The summed E-state index contributed by atoms with van der Waals surface area (Å²) < 4.78 is 0. The number of aliphatic carboxylic acids is 1. The molecule has 2 heterocycles. The van der Waals surface area contributed by atoms with Crippen molar-refractivity contribution in [2.24, 2.45) is 11.3 Å². The lowest BCUT2D eigenvalue weighted by Crippen LogP contribution is -2.28. The van der Waals surface area contributed by atoms with Crippen molar-refractivity contribution in [2.75, 3.05) is 18.0 Å². The number of aromatic hydroxyl groups is 1. The predicted octanol–water partition coefficient (Wildman–Crippen LogP) is 2.74. The molecule has 2 N–H and O–H groups in total. The minimum Gasteiger partial charge on any atom is -0.507 e. The van der Waals surface area contributed by atoms with Gasteiger partial charge in [-0.25, -0.2) is 4.98 Å². The van der Waals surface area contributed by atoms with Gasteiger partial charge in [-0.1, -0.05) is 12.1 Å². The highest BCUT2D eigenvalue weighted by Crippen LogP contribution is 2.58. The zero-order valence-electron chi connectivity index (χ0n) is 12.1. The first-order valence-corrected chi connectivity index (χ1v) is 8.12. The van der Waals surface area contributed by atoms with Crippen LogP contribution in [0.15, 0.2) is 23.6 Å². The molecular formula is C16H16N2O3S. The van der Waals surface area contributed by atoms with Crippen LogP contribution in [0, 0.1) is 18.3 Å². The third-order valence-electron chi connectivity index (χ3n) is 4.85. The SMILES string of the molecule is Cc1cccc(-c2csc(N3C[C@@H]4C[C@]4(C(=O)O)C3)n2)c1O. The molecule has 0 bridgehead atoms. The number of phenols is 1. The van der Waals surface area contributed by atoms with Gasteiger partial charge in [0.05, 0.1) is 11.1 Å². The second-order valence-corrected chi connectivity index (χ2v) is 7.07. The standard InChI is InChI=1S/C16H16N2O3S/c1-9-3-2-4-11(13(9)19)12-7-22-15(17-12)18-6-10-5-16(10,8-18)14(20)21/h2-4,7,10,19H,5-6,8H2,1H3,(H,20,21)/t10-,16-/m0/s1. The fourth-order valence-electron chi connectivity index (χ4n) is 3.36. The van der Waals surface area contributed by atoms with Gasteiger partial charge in [0.1, 0.15) is 5.75 Å². The third kappa shape index (κ3) is 1.83. The number of hydrogen-bond donors (Lipinski definition) is 2. The van der Waals surface area contributed by atoms with Crippen LogP contribution in [0.25, 0.3) is 11.3 Å². The van der Waals surface area contributed by atoms with Gasteiger partial charge >= 0.3 is 5.97 Å². The van der Waals surface area contributed by atoms with Crippen molar-refractivity contribution < 1.29 is 15.0 Å². The van der Waals surface area contributed by atoms with Crippen molar-refractivity contribution in [3.8, 4) is 17.0 Å². The van der Waals surface area contributed by atoms with E-state index in [1.165, 1.54) is 11.3 Å². The van der Waals surface area contributed by atoms with Crippen molar-refractivity contribution in [1.29, 1.82) is 0 Å². The highest BCUT2D eigenvalue weighted by Gasteiger charge is 2.65. The smallest absolute Gasteiger partial charge is 0.311 e. The first-order chi connectivity index (χ1) is 10.5. The molecule has 4 rings (SSSR count). The Bertz CT molecular complexity index is 773. The molecule has 5 nitrogen and oxygen atoms in total. The van der Waals surface area contributed by atoms with E-state index < -0.39 is 11.4 Å². The van der Waals surface area contributed by atoms with Gasteiger partial charge in [0.15, 0.2) is 5.13 Å². The Morgan fingerprint density at radius 2 is 2.32 bits per heavy atom. The lowest BCUT2D eigenvalue weighted by molar-refractivity contribution is -0.143. The Labute approximate surface area is 131 Å². The van der Waals surface area contributed by atoms with E-state index in [-0.39, 0.29) is 11.7 Å². The summed E-state index contributed by atoms with van der Waals surface area (Å²) in [4.78, 5) is 18.0. The number of carboxylic acid groups (broad SMARTS) is 1. The van der Waals surface area contributed by atoms with Crippen molar-refractivity contribution >= 4 is 22.4 Å². The molecule has 1 aliphatic carbocycles. The van der Waals surface area contributed by atoms with E-state index in [0.717, 1.165) is 34.9 Å². The van der Waals surface area contributed by atoms with E-state index in [0.29, 0.717) is 6.54 Å². The van der Waals surface area contributed by atoms with Gasteiger partial charge in [0, 0.05) is 24.0 Å². The predicted molar refractivity (Wildman–Crippen MR) is 84.3 cm³/mol. The zero-order valence-corrected chi connectivity index (χ0v) is 12.9. The Morgan fingerprint density at radius 1 is 1.50 bits per heavy atom. The maximum absolute atomic E-state index is 11.4. The third-order valence-corrected chi connectivity index (χ3v) is 5.75. The average molecular weight is 316 g/mol. The number of anilines is 1. The Balaban J connectivity index is 1.61. The van der Waals surface area contributed by atoms with Crippen LogP contribution in [0.1, 0.15) is 12.0 Å².